The van der Waals surface area contributed by atoms with E-state index < -0.39 is 21.3 Å². The Bertz CT molecular complexity index is 970. The van der Waals surface area contributed by atoms with Crippen molar-refractivity contribution in [3.8, 4) is 11.3 Å². The molecule has 0 saturated carbocycles. The third kappa shape index (κ3) is 4.11. The van der Waals surface area contributed by atoms with Crippen LogP contribution in [0.25, 0.3) is 11.3 Å². The highest BCUT2D eigenvalue weighted by atomic mass is 32.2. The van der Waals surface area contributed by atoms with E-state index in [0.29, 0.717) is 5.69 Å². The number of anilines is 1. The molecule has 0 fully saturated rings. The lowest BCUT2D eigenvalue weighted by Gasteiger charge is -2.13. The van der Waals surface area contributed by atoms with Gasteiger partial charge in [-0.25, -0.2) is 4.98 Å². The molecule has 1 aromatic heterocycles. The Morgan fingerprint density at radius 1 is 1.04 bits per heavy atom. The minimum Gasteiger partial charge on any atom is -0.300 e. The molecule has 0 aliphatic heterocycles. The fraction of sp³-hybridized carbons (Fsp3) is 0.0588. The average molecular weight is 374 g/mol. The van der Waals surface area contributed by atoms with Crippen LogP contribution in [0.2, 0.25) is 0 Å². The van der Waals surface area contributed by atoms with E-state index in [4.69, 9.17) is 0 Å². The molecule has 25 heavy (non-hydrogen) atoms. The lowest BCUT2D eigenvalue weighted by atomic mass is 10.1. The maximum Gasteiger partial charge on any atom is 0.281 e. The van der Waals surface area contributed by atoms with Crippen molar-refractivity contribution in [2.45, 2.75) is 5.25 Å². The Morgan fingerprint density at radius 3 is 2.24 bits per heavy atom. The number of thiazole rings is 1. The number of carbonyl (C=O) groups is 1. The van der Waals surface area contributed by atoms with Crippen LogP contribution in [-0.2, 0) is 14.9 Å². The molecule has 128 valence electrons. The van der Waals surface area contributed by atoms with E-state index in [2.05, 4.69) is 10.3 Å². The standard InChI is InChI=1S/C17H14N2O4S2/c20-16(15(25(21,22)23)13-9-5-2-6-10-13)19-17-18-14(11-24-17)12-7-3-1-4-8-12/h1-11,15H,(H,18,19,20)(H,21,22,23). The van der Waals surface area contributed by atoms with Crippen LogP contribution in [0, 0.1) is 0 Å². The van der Waals surface area contributed by atoms with E-state index in [1.54, 1.807) is 23.6 Å². The summed E-state index contributed by atoms with van der Waals surface area (Å²) in [5.41, 5.74) is 1.74. The van der Waals surface area contributed by atoms with E-state index in [1.165, 1.54) is 23.5 Å². The first-order valence-electron chi connectivity index (χ1n) is 7.28. The number of nitrogens with zero attached hydrogens (tertiary/aromatic N) is 1. The van der Waals surface area contributed by atoms with E-state index in [-0.39, 0.29) is 10.7 Å². The number of benzene rings is 2. The Kier molecular flexibility index (Phi) is 4.93. The number of rotatable bonds is 5. The molecule has 0 saturated heterocycles. The molecule has 1 amide bonds. The van der Waals surface area contributed by atoms with Crippen LogP contribution in [0.4, 0.5) is 5.13 Å². The van der Waals surface area contributed by atoms with E-state index >= 15 is 0 Å². The fourth-order valence-electron chi connectivity index (χ4n) is 2.33. The molecule has 3 rings (SSSR count). The normalized spacial score (nSPS) is 12.5. The highest BCUT2D eigenvalue weighted by Crippen LogP contribution is 2.27. The van der Waals surface area contributed by atoms with Gasteiger partial charge in [-0.3, -0.25) is 9.35 Å². The number of amides is 1. The lowest BCUT2D eigenvalue weighted by Crippen LogP contribution is -2.27. The predicted octanol–water partition coefficient (Wildman–Crippen LogP) is 3.38. The molecular formula is C17H14N2O4S2. The molecular weight excluding hydrogens is 360 g/mol. The number of nitrogens with one attached hydrogen (secondary N) is 1. The van der Waals surface area contributed by atoms with Crippen molar-refractivity contribution in [3.63, 3.8) is 0 Å². The molecule has 0 spiro atoms. The summed E-state index contributed by atoms with van der Waals surface area (Å²) in [5, 5.41) is 2.77. The number of carbonyl (C=O) groups excluding carboxylic acids is 1. The zero-order chi connectivity index (χ0) is 17.9. The van der Waals surface area contributed by atoms with Crippen LogP contribution in [0.5, 0.6) is 0 Å². The second-order valence-corrected chi connectivity index (χ2v) is 7.56. The van der Waals surface area contributed by atoms with Gasteiger partial charge in [-0.2, -0.15) is 8.42 Å². The maximum absolute atomic E-state index is 12.4. The third-order valence-corrected chi connectivity index (χ3v) is 5.28. The molecule has 0 radical (unpaired) electrons. The molecule has 2 aromatic carbocycles. The molecule has 1 atom stereocenters. The van der Waals surface area contributed by atoms with Crippen LogP contribution >= 0.6 is 11.3 Å². The minimum atomic E-state index is -4.62. The number of hydrogen-bond acceptors (Lipinski definition) is 5. The minimum absolute atomic E-state index is 0.183. The van der Waals surface area contributed by atoms with Gasteiger partial charge in [0.05, 0.1) is 5.69 Å². The maximum atomic E-state index is 12.4. The van der Waals surface area contributed by atoms with Crippen molar-refractivity contribution in [2.24, 2.45) is 0 Å². The third-order valence-electron chi connectivity index (χ3n) is 3.44. The van der Waals surface area contributed by atoms with Crippen molar-refractivity contribution in [1.82, 2.24) is 4.98 Å². The largest absolute Gasteiger partial charge is 0.300 e. The molecule has 2 N–H and O–H groups in total. The van der Waals surface area contributed by atoms with Gasteiger partial charge in [0, 0.05) is 10.9 Å². The lowest BCUT2D eigenvalue weighted by molar-refractivity contribution is -0.116. The Hall–Kier alpha value is -2.55. The topological polar surface area (TPSA) is 96.4 Å². The Morgan fingerprint density at radius 2 is 1.64 bits per heavy atom. The summed E-state index contributed by atoms with van der Waals surface area (Å²) in [6, 6.07) is 17.2. The SMILES string of the molecule is O=C(Nc1nc(-c2ccccc2)cs1)C(c1ccccc1)S(=O)(=O)O. The highest BCUT2D eigenvalue weighted by molar-refractivity contribution is 7.86. The van der Waals surface area contributed by atoms with Gasteiger partial charge in [0.2, 0.25) is 0 Å². The monoisotopic (exact) mass is 374 g/mol. The van der Waals surface area contributed by atoms with Crippen LogP contribution in [0.15, 0.2) is 66.0 Å². The molecule has 6 nitrogen and oxygen atoms in total. The molecule has 3 aromatic rings. The van der Waals surface area contributed by atoms with Gasteiger partial charge >= 0.3 is 0 Å². The number of aromatic nitrogens is 1. The van der Waals surface area contributed by atoms with Gasteiger partial charge in [0.15, 0.2) is 10.4 Å². The van der Waals surface area contributed by atoms with Gasteiger partial charge in [0.25, 0.3) is 16.0 Å². The zero-order valence-electron chi connectivity index (χ0n) is 12.9. The second kappa shape index (κ2) is 7.14. The summed E-state index contributed by atoms with van der Waals surface area (Å²) in [4.78, 5) is 16.7. The summed E-state index contributed by atoms with van der Waals surface area (Å²) >= 11 is 1.18. The van der Waals surface area contributed by atoms with Crippen molar-refractivity contribution in [3.05, 3.63) is 71.6 Å². The summed E-state index contributed by atoms with van der Waals surface area (Å²) in [6.07, 6.45) is 0. The summed E-state index contributed by atoms with van der Waals surface area (Å²) in [6.45, 7) is 0. The first kappa shape index (κ1) is 17.3. The van der Waals surface area contributed by atoms with Crippen LogP contribution in [-0.4, -0.2) is 23.9 Å². The van der Waals surface area contributed by atoms with E-state index in [1.807, 2.05) is 30.3 Å². The second-order valence-electron chi connectivity index (χ2n) is 5.20. The van der Waals surface area contributed by atoms with Crippen molar-refractivity contribution < 1.29 is 17.8 Å². The van der Waals surface area contributed by atoms with Crippen molar-refractivity contribution in [1.29, 1.82) is 0 Å². The highest BCUT2D eigenvalue weighted by Gasteiger charge is 2.33. The fourth-order valence-corrected chi connectivity index (χ4v) is 3.88. The molecule has 0 bridgehead atoms. The molecule has 1 unspecified atom stereocenters. The quantitative estimate of drug-likeness (QED) is 0.668. The van der Waals surface area contributed by atoms with Gasteiger partial charge in [-0.15, -0.1) is 11.3 Å². The predicted molar refractivity (Wildman–Crippen MR) is 96.9 cm³/mol. The van der Waals surface area contributed by atoms with Gasteiger partial charge in [-0.1, -0.05) is 60.7 Å². The van der Waals surface area contributed by atoms with Crippen LogP contribution in [0.3, 0.4) is 0 Å². The zero-order valence-corrected chi connectivity index (χ0v) is 14.5. The molecule has 0 aliphatic rings. The molecule has 0 aliphatic carbocycles. The Balaban J connectivity index is 1.84. The van der Waals surface area contributed by atoms with E-state index in [9.17, 15) is 17.8 Å². The summed E-state index contributed by atoms with van der Waals surface area (Å²) in [7, 11) is -4.62. The first-order chi connectivity index (χ1) is 11.9. The smallest absolute Gasteiger partial charge is 0.281 e. The van der Waals surface area contributed by atoms with Crippen LogP contribution < -0.4 is 5.32 Å². The molecule has 1 heterocycles. The summed E-state index contributed by atoms with van der Waals surface area (Å²) in [5.74, 6) is -0.859. The van der Waals surface area contributed by atoms with Crippen LogP contribution in [0.1, 0.15) is 10.8 Å². The van der Waals surface area contributed by atoms with Crippen molar-refractivity contribution >= 4 is 32.5 Å². The van der Waals surface area contributed by atoms with E-state index in [0.717, 1.165) is 5.56 Å². The summed E-state index contributed by atoms with van der Waals surface area (Å²) < 4.78 is 32.8. The average Bonchev–Trinajstić information content (AvgIpc) is 3.04. The van der Waals surface area contributed by atoms with Gasteiger partial charge < -0.3 is 5.32 Å². The first-order valence-corrected chi connectivity index (χ1v) is 9.66. The van der Waals surface area contributed by atoms with Gasteiger partial charge in [0.1, 0.15) is 0 Å². The van der Waals surface area contributed by atoms with Crippen molar-refractivity contribution in [2.75, 3.05) is 5.32 Å². The van der Waals surface area contributed by atoms with Gasteiger partial charge in [-0.05, 0) is 5.56 Å². The Labute approximate surface area is 148 Å². The number of hydrogen-bond donors (Lipinski definition) is 2. The molecule has 8 heteroatoms.